The minimum absolute atomic E-state index is 0.207. The molecule has 0 radical (unpaired) electrons. The van der Waals surface area contributed by atoms with Crippen molar-refractivity contribution in [2.45, 2.75) is 16.1 Å². The van der Waals surface area contributed by atoms with Crippen molar-refractivity contribution in [3.8, 4) is 0 Å². The Morgan fingerprint density at radius 3 is 1.11 bits per heavy atom. The SMILES string of the molecule is ClCC(Cl)COP(OCC(Cl)CCl)OCC(Cl)CCl. The van der Waals surface area contributed by atoms with Crippen LogP contribution in [0.15, 0.2) is 0 Å². The Labute approximate surface area is 145 Å². The maximum atomic E-state index is 5.84. The van der Waals surface area contributed by atoms with Crippen molar-refractivity contribution in [2.24, 2.45) is 0 Å². The molecule has 0 saturated carbocycles. The summed E-state index contributed by atoms with van der Waals surface area (Å²) in [5, 5.41) is -0.962. The second-order valence-corrected chi connectivity index (χ2v) is 7.36. The Hall–Kier alpha value is 2.05. The zero-order valence-electron chi connectivity index (χ0n) is 9.91. The molecule has 3 unspecified atom stereocenters. The van der Waals surface area contributed by atoms with E-state index in [0.29, 0.717) is 0 Å². The summed E-state index contributed by atoms with van der Waals surface area (Å²) in [6.45, 7) is 0.620. The monoisotopic (exact) mass is 412 g/mol. The van der Waals surface area contributed by atoms with E-state index in [-0.39, 0.29) is 53.6 Å². The molecule has 0 fully saturated rings. The lowest BCUT2D eigenvalue weighted by Crippen LogP contribution is -2.15. The first-order chi connectivity index (χ1) is 9.03. The lowest BCUT2D eigenvalue weighted by atomic mass is 10.5. The first-order valence-electron chi connectivity index (χ1n) is 5.32. The summed E-state index contributed by atoms with van der Waals surface area (Å²) in [7, 11) is -1.60. The van der Waals surface area contributed by atoms with E-state index in [2.05, 4.69) is 0 Å². The number of halogens is 6. The fraction of sp³-hybridized carbons (Fsp3) is 1.00. The number of alkyl halides is 6. The van der Waals surface area contributed by atoms with Crippen molar-refractivity contribution in [3.05, 3.63) is 0 Å². The average Bonchev–Trinajstić information content (AvgIpc) is 2.44. The van der Waals surface area contributed by atoms with Crippen molar-refractivity contribution in [1.82, 2.24) is 0 Å². The Kier molecular flexibility index (Phi) is 15.2. The molecule has 0 rings (SSSR count). The second-order valence-electron chi connectivity index (χ2n) is 3.37. The molecule has 19 heavy (non-hydrogen) atoms. The van der Waals surface area contributed by atoms with Crippen LogP contribution in [0.25, 0.3) is 0 Å². The van der Waals surface area contributed by atoms with Gasteiger partial charge >= 0.3 is 8.60 Å². The predicted molar refractivity (Wildman–Crippen MR) is 85.9 cm³/mol. The van der Waals surface area contributed by atoms with Gasteiger partial charge in [-0.1, -0.05) is 0 Å². The van der Waals surface area contributed by atoms with Crippen molar-refractivity contribution in [2.75, 3.05) is 37.5 Å². The van der Waals surface area contributed by atoms with Crippen LogP contribution in [0, 0.1) is 0 Å². The first-order valence-corrected chi connectivity index (χ1v) is 9.33. The summed E-state index contributed by atoms with van der Waals surface area (Å²) in [6.07, 6.45) is 0. The number of rotatable bonds is 12. The van der Waals surface area contributed by atoms with Gasteiger partial charge in [0.25, 0.3) is 0 Å². The molecule has 0 aromatic rings. The third-order valence-corrected chi connectivity index (χ3v) is 5.10. The van der Waals surface area contributed by atoms with Gasteiger partial charge in [-0.15, -0.1) is 69.6 Å². The van der Waals surface area contributed by atoms with E-state index < -0.39 is 8.60 Å². The van der Waals surface area contributed by atoms with E-state index >= 15 is 0 Å². The zero-order valence-corrected chi connectivity index (χ0v) is 15.3. The van der Waals surface area contributed by atoms with Gasteiger partial charge in [0.15, 0.2) is 0 Å². The first kappa shape index (κ1) is 21.0. The van der Waals surface area contributed by atoms with Crippen LogP contribution in [0.3, 0.4) is 0 Å². The lowest BCUT2D eigenvalue weighted by Gasteiger charge is -2.19. The minimum atomic E-state index is -1.60. The zero-order chi connectivity index (χ0) is 14.7. The van der Waals surface area contributed by atoms with Gasteiger partial charge in [-0.25, -0.2) is 0 Å². The molecule has 3 nitrogen and oxygen atoms in total. The molecule has 0 aliphatic rings. The molecule has 0 bridgehead atoms. The maximum absolute atomic E-state index is 5.84. The quantitative estimate of drug-likeness (QED) is 0.339. The van der Waals surface area contributed by atoms with Crippen LogP contribution in [0.1, 0.15) is 0 Å². The molecule has 10 heteroatoms. The fourth-order valence-corrected chi connectivity index (χ4v) is 2.52. The largest absolute Gasteiger partial charge is 0.332 e. The highest BCUT2D eigenvalue weighted by Gasteiger charge is 2.18. The van der Waals surface area contributed by atoms with Crippen LogP contribution in [0.2, 0.25) is 0 Å². The highest BCUT2D eigenvalue weighted by Crippen LogP contribution is 2.40. The average molecular weight is 415 g/mol. The molecule has 0 amide bonds. The van der Waals surface area contributed by atoms with Gasteiger partial charge in [-0.2, -0.15) is 0 Å². The fourth-order valence-electron chi connectivity index (χ4n) is 0.671. The van der Waals surface area contributed by atoms with E-state index in [9.17, 15) is 0 Å². The van der Waals surface area contributed by atoms with Crippen LogP contribution < -0.4 is 0 Å². The molecule has 116 valence electrons. The van der Waals surface area contributed by atoms with E-state index in [4.69, 9.17) is 83.2 Å². The Morgan fingerprint density at radius 1 is 0.632 bits per heavy atom. The van der Waals surface area contributed by atoms with Crippen molar-refractivity contribution in [1.29, 1.82) is 0 Å². The summed E-state index contributed by atoms with van der Waals surface area (Å²) in [4.78, 5) is 0. The van der Waals surface area contributed by atoms with Crippen LogP contribution >= 0.6 is 78.2 Å². The highest BCUT2D eigenvalue weighted by molar-refractivity contribution is 7.41. The van der Waals surface area contributed by atoms with Crippen LogP contribution in [0.4, 0.5) is 0 Å². The van der Waals surface area contributed by atoms with Crippen molar-refractivity contribution >= 4 is 78.2 Å². The summed E-state index contributed by atoms with van der Waals surface area (Å²) >= 11 is 34.2. The molecule has 0 spiro atoms. The highest BCUT2D eigenvalue weighted by atomic mass is 35.5. The molecule has 0 aromatic carbocycles. The molecule has 0 aliphatic carbocycles. The lowest BCUT2D eigenvalue weighted by molar-refractivity contribution is 0.163. The minimum Gasteiger partial charge on any atom is -0.311 e. The van der Waals surface area contributed by atoms with E-state index in [1.807, 2.05) is 0 Å². The Morgan fingerprint density at radius 2 is 0.895 bits per heavy atom. The smallest absolute Gasteiger partial charge is 0.311 e. The van der Waals surface area contributed by atoms with E-state index in [1.54, 1.807) is 0 Å². The predicted octanol–water partition coefficient (Wildman–Crippen LogP) is 4.80. The Bertz CT molecular complexity index is 183. The molecule has 0 aromatic heterocycles. The molecule has 0 N–H and O–H groups in total. The summed E-state index contributed by atoms with van der Waals surface area (Å²) in [5.41, 5.74) is 0. The number of hydrogen-bond acceptors (Lipinski definition) is 3. The van der Waals surface area contributed by atoms with Crippen LogP contribution in [-0.4, -0.2) is 53.6 Å². The Balaban J connectivity index is 4.06. The van der Waals surface area contributed by atoms with Crippen molar-refractivity contribution < 1.29 is 13.6 Å². The molecule has 0 heterocycles. The van der Waals surface area contributed by atoms with Gasteiger partial charge in [0.2, 0.25) is 0 Å². The molecule has 0 aliphatic heterocycles. The van der Waals surface area contributed by atoms with Gasteiger partial charge in [0, 0.05) is 17.6 Å². The van der Waals surface area contributed by atoms with Gasteiger partial charge in [-0.3, -0.25) is 0 Å². The van der Waals surface area contributed by atoms with E-state index in [1.165, 1.54) is 0 Å². The van der Waals surface area contributed by atoms with Gasteiger partial charge in [0.05, 0.1) is 36.0 Å². The second kappa shape index (κ2) is 13.7. The van der Waals surface area contributed by atoms with E-state index in [0.717, 1.165) is 0 Å². The molecule has 3 atom stereocenters. The summed E-state index contributed by atoms with van der Waals surface area (Å²) in [6, 6.07) is 0. The molecular formula is C9H15Cl6O3P. The standard InChI is InChI=1S/C9H15Cl6O3P/c10-1-7(13)4-16-19(17-5-8(14)2-11)18-6-9(15)3-12/h7-9H,1-6H2. The molecule has 0 saturated heterocycles. The van der Waals surface area contributed by atoms with Gasteiger partial charge < -0.3 is 13.6 Å². The third-order valence-electron chi connectivity index (χ3n) is 1.58. The third kappa shape index (κ3) is 12.3. The van der Waals surface area contributed by atoms with Gasteiger partial charge in [-0.05, 0) is 0 Å². The van der Waals surface area contributed by atoms with Crippen LogP contribution in [-0.2, 0) is 13.6 Å². The summed E-state index contributed by atoms with van der Waals surface area (Å²) < 4.78 is 16.2. The normalized spacial score (nSPS) is 18.0. The molecular weight excluding hydrogens is 400 g/mol. The maximum Gasteiger partial charge on any atom is 0.332 e. The van der Waals surface area contributed by atoms with Crippen LogP contribution in [0.5, 0.6) is 0 Å². The van der Waals surface area contributed by atoms with Crippen molar-refractivity contribution in [3.63, 3.8) is 0 Å². The van der Waals surface area contributed by atoms with Gasteiger partial charge in [0.1, 0.15) is 0 Å². The number of hydrogen-bond donors (Lipinski definition) is 0. The topological polar surface area (TPSA) is 27.7 Å². The summed E-state index contributed by atoms with van der Waals surface area (Å²) in [5.74, 6) is 0.805.